The SMILES string of the molecule is CC(=O)c1ccc(N(CC(=O)Nc2cccc(C(F)(F)F)c2)C(C)=O)cc1. The van der Waals surface area contributed by atoms with E-state index in [0.29, 0.717) is 11.3 Å². The summed E-state index contributed by atoms with van der Waals surface area (Å²) in [5, 5.41) is 2.35. The van der Waals surface area contributed by atoms with Crippen LogP contribution in [0.15, 0.2) is 48.5 Å². The second-order valence-corrected chi connectivity index (χ2v) is 5.83. The van der Waals surface area contributed by atoms with Crippen LogP contribution in [0.3, 0.4) is 0 Å². The standard InChI is InChI=1S/C19H17F3N2O3/c1-12(25)14-6-8-17(9-7-14)24(13(2)26)11-18(27)23-16-5-3-4-15(10-16)19(20,21)22/h3-10H,11H2,1-2H3,(H,23,27). The van der Waals surface area contributed by atoms with E-state index in [-0.39, 0.29) is 18.0 Å². The van der Waals surface area contributed by atoms with Crippen molar-refractivity contribution in [1.29, 1.82) is 0 Å². The molecule has 2 amide bonds. The van der Waals surface area contributed by atoms with Crippen molar-refractivity contribution < 1.29 is 27.6 Å². The summed E-state index contributed by atoms with van der Waals surface area (Å²) < 4.78 is 38.2. The fraction of sp³-hybridized carbons (Fsp3) is 0.211. The maximum atomic E-state index is 12.7. The molecule has 0 spiro atoms. The summed E-state index contributed by atoms with van der Waals surface area (Å²) in [6.45, 7) is 2.28. The molecule has 2 aromatic carbocycles. The molecule has 2 rings (SSSR count). The zero-order chi connectivity index (χ0) is 20.2. The first-order valence-electron chi connectivity index (χ1n) is 7.94. The number of nitrogens with one attached hydrogen (secondary N) is 1. The molecule has 0 aliphatic heterocycles. The minimum absolute atomic E-state index is 0.0229. The first kappa shape index (κ1) is 20.2. The third-order valence-corrected chi connectivity index (χ3v) is 3.74. The van der Waals surface area contributed by atoms with Crippen molar-refractivity contribution in [3.63, 3.8) is 0 Å². The zero-order valence-electron chi connectivity index (χ0n) is 14.6. The van der Waals surface area contributed by atoms with Gasteiger partial charge in [-0.3, -0.25) is 14.4 Å². The molecule has 0 unspecified atom stereocenters. The highest BCUT2D eigenvalue weighted by Gasteiger charge is 2.30. The number of ketones is 1. The molecule has 27 heavy (non-hydrogen) atoms. The molecule has 2 aromatic rings. The monoisotopic (exact) mass is 378 g/mol. The van der Waals surface area contributed by atoms with Crippen LogP contribution in [0.1, 0.15) is 29.8 Å². The molecular weight excluding hydrogens is 361 g/mol. The van der Waals surface area contributed by atoms with E-state index >= 15 is 0 Å². The lowest BCUT2D eigenvalue weighted by molar-refractivity contribution is -0.137. The Morgan fingerprint density at radius 1 is 1.00 bits per heavy atom. The van der Waals surface area contributed by atoms with E-state index in [1.54, 1.807) is 0 Å². The lowest BCUT2D eigenvalue weighted by atomic mass is 10.1. The number of benzene rings is 2. The Labute approximate surface area is 153 Å². The van der Waals surface area contributed by atoms with E-state index in [0.717, 1.165) is 17.0 Å². The summed E-state index contributed by atoms with van der Waals surface area (Å²) in [4.78, 5) is 36.5. The highest BCUT2D eigenvalue weighted by atomic mass is 19.4. The molecule has 0 atom stereocenters. The Balaban J connectivity index is 2.14. The number of amides is 2. The summed E-state index contributed by atoms with van der Waals surface area (Å²) >= 11 is 0. The quantitative estimate of drug-likeness (QED) is 0.803. The van der Waals surface area contributed by atoms with Gasteiger partial charge in [0.1, 0.15) is 6.54 Å². The number of hydrogen-bond acceptors (Lipinski definition) is 3. The molecule has 0 bridgehead atoms. The lowest BCUT2D eigenvalue weighted by Crippen LogP contribution is -2.36. The van der Waals surface area contributed by atoms with Crippen molar-refractivity contribution in [2.24, 2.45) is 0 Å². The van der Waals surface area contributed by atoms with E-state index in [9.17, 15) is 27.6 Å². The van der Waals surface area contributed by atoms with Gasteiger partial charge in [-0.15, -0.1) is 0 Å². The van der Waals surface area contributed by atoms with Crippen molar-refractivity contribution in [2.45, 2.75) is 20.0 Å². The zero-order valence-corrected chi connectivity index (χ0v) is 14.6. The van der Waals surface area contributed by atoms with Gasteiger partial charge in [-0.2, -0.15) is 13.2 Å². The molecular formula is C19H17F3N2O3. The van der Waals surface area contributed by atoms with Crippen LogP contribution in [-0.4, -0.2) is 24.1 Å². The maximum absolute atomic E-state index is 12.7. The summed E-state index contributed by atoms with van der Waals surface area (Å²) in [5.74, 6) is -1.22. The van der Waals surface area contributed by atoms with Gasteiger partial charge in [-0.1, -0.05) is 6.07 Å². The predicted octanol–water partition coefficient (Wildman–Crippen LogP) is 3.90. The van der Waals surface area contributed by atoms with E-state index in [2.05, 4.69) is 5.32 Å². The van der Waals surface area contributed by atoms with Crippen LogP contribution in [0.4, 0.5) is 24.5 Å². The minimum atomic E-state index is -4.52. The Bertz CT molecular complexity index is 861. The maximum Gasteiger partial charge on any atom is 0.416 e. The lowest BCUT2D eigenvalue weighted by Gasteiger charge is -2.21. The van der Waals surface area contributed by atoms with Gasteiger partial charge >= 0.3 is 6.18 Å². The Morgan fingerprint density at radius 2 is 1.63 bits per heavy atom. The molecule has 0 radical (unpaired) electrons. The van der Waals surface area contributed by atoms with Gasteiger partial charge < -0.3 is 10.2 Å². The normalized spacial score (nSPS) is 11.0. The van der Waals surface area contributed by atoms with Crippen molar-refractivity contribution in [1.82, 2.24) is 0 Å². The van der Waals surface area contributed by atoms with Crippen molar-refractivity contribution in [2.75, 3.05) is 16.8 Å². The van der Waals surface area contributed by atoms with E-state index in [1.165, 1.54) is 50.2 Å². The molecule has 0 fully saturated rings. The number of Topliss-reactive ketones (excluding diaryl/α,β-unsaturated/α-hetero) is 1. The van der Waals surface area contributed by atoms with Crippen molar-refractivity contribution >= 4 is 29.0 Å². The minimum Gasteiger partial charge on any atom is -0.325 e. The number of nitrogens with zero attached hydrogens (tertiary/aromatic N) is 1. The fourth-order valence-corrected chi connectivity index (χ4v) is 2.38. The van der Waals surface area contributed by atoms with Crippen LogP contribution in [-0.2, 0) is 15.8 Å². The number of rotatable bonds is 5. The number of anilines is 2. The number of alkyl halides is 3. The molecule has 0 aliphatic rings. The number of hydrogen-bond donors (Lipinski definition) is 1. The van der Waals surface area contributed by atoms with Crippen LogP contribution in [0.25, 0.3) is 0 Å². The second kappa shape index (κ2) is 8.03. The average molecular weight is 378 g/mol. The second-order valence-electron chi connectivity index (χ2n) is 5.83. The molecule has 5 nitrogen and oxygen atoms in total. The number of carbonyl (C=O) groups excluding carboxylic acids is 3. The van der Waals surface area contributed by atoms with Crippen LogP contribution >= 0.6 is 0 Å². The van der Waals surface area contributed by atoms with Crippen LogP contribution < -0.4 is 10.2 Å². The Morgan fingerprint density at radius 3 is 2.15 bits per heavy atom. The first-order chi connectivity index (χ1) is 12.6. The third kappa shape index (κ3) is 5.40. The van der Waals surface area contributed by atoms with Crippen LogP contribution in [0.5, 0.6) is 0 Å². The predicted molar refractivity (Wildman–Crippen MR) is 94.5 cm³/mol. The van der Waals surface area contributed by atoms with Gasteiger partial charge in [0.15, 0.2) is 5.78 Å². The molecule has 0 saturated heterocycles. The molecule has 0 aliphatic carbocycles. The Hall–Kier alpha value is -3.16. The van der Waals surface area contributed by atoms with Crippen molar-refractivity contribution in [3.05, 3.63) is 59.7 Å². The molecule has 8 heteroatoms. The average Bonchev–Trinajstić information content (AvgIpc) is 2.59. The molecule has 0 saturated carbocycles. The van der Waals surface area contributed by atoms with E-state index < -0.39 is 23.6 Å². The molecule has 0 heterocycles. The number of halogens is 3. The van der Waals surface area contributed by atoms with Gasteiger partial charge in [0.25, 0.3) is 0 Å². The molecule has 0 aromatic heterocycles. The Kier molecular flexibility index (Phi) is 5.99. The number of carbonyl (C=O) groups is 3. The van der Waals surface area contributed by atoms with Gasteiger partial charge in [0.05, 0.1) is 5.56 Å². The fourth-order valence-electron chi connectivity index (χ4n) is 2.38. The summed E-state index contributed by atoms with van der Waals surface area (Å²) in [6.07, 6.45) is -4.52. The van der Waals surface area contributed by atoms with E-state index in [4.69, 9.17) is 0 Å². The largest absolute Gasteiger partial charge is 0.416 e. The summed E-state index contributed by atoms with van der Waals surface area (Å²) in [5.41, 5.74) is -0.0591. The van der Waals surface area contributed by atoms with E-state index in [1.807, 2.05) is 0 Å². The van der Waals surface area contributed by atoms with Gasteiger partial charge in [0, 0.05) is 23.9 Å². The van der Waals surface area contributed by atoms with Gasteiger partial charge in [0.2, 0.25) is 11.8 Å². The third-order valence-electron chi connectivity index (χ3n) is 3.74. The van der Waals surface area contributed by atoms with Gasteiger partial charge in [-0.25, -0.2) is 0 Å². The van der Waals surface area contributed by atoms with Crippen LogP contribution in [0.2, 0.25) is 0 Å². The van der Waals surface area contributed by atoms with Crippen molar-refractivity contribution in [3.8, 4) is 0 Å². The van der Waals surface area contributed by atoms with Crippen LogP contribution in [0, 0.1) is 0 Å². The highest BCUT2D eigenvalue weighted by Crippen LogP contribution is 2.30. The molecule has 142 valence electrons. The molecule has 1 N–H and O–H groups in total. The summed E-state index contributed by atoms with van der Waals surface area (Å²) in [7, 11) is 0. The smallest absolute Gasteiger partial charge is 0.325 e. The van der Waals surface area contributed by atoms with Gasteiger partial charge in [-0.05, 0) is 49.4 Å². The summed E-state index contributed by atoms with van der Waals surface area (Å²) in [6, 6.07) is 10.3. The first-order valence-corrected chi connectivity index (χ1v) is 7.94. The topological polar surface area (TPSA) is 66.5 Å². The highest BCUT2D eigenvalue weighted by molar-refractivity contribution is 6.02.